The van der Waals surface area contributed by atoms with Gasteiger partial charge in [-0.2, -0.15) is 13.2 Å². The van der Waals surface area contributed by atoms with E-state index in [9.17, 15) is 22.1 Å². The number of benzene rings is 2. The van der Waals surface area contributed by atoms with Crippen molar-refractivity contribution in [2.45, 2.75) is 31.2 Å². The van der Waals surface area contributed by atoms with E-state index in [1.165, 1.54) is 18.4 Å². The van der Waals surface area contributed by atoms with Crippen molar-refractivity contribution >= 4 is 45.2 Å². The molecule has 0 saturated carbocycles. The average Bonchev–Trinajstić information content (AvgIpc) is 3.19. The van der Waals surface area contributed by atoms with Crippen LogP contribution in [0.4, 0.5) is 28.9 Å². The number of piperidine rings is 1. The molecule has 0 aliphatic carbocycles. The molecule has 2 aromatic carbocycles. The minimum atomic E-state index is -4.40. The lowest BCUT2D eigenvalue weighted by Crippen LogP contribution is -2.45. The Bertz CT molecular complexity index is 1410. The van der Waals surface area contributed by atoms with E-state index in [-0.39, 0.29) is 18.7 Å². The molecule has 4 rings (SSSR count). The van der Waals surface area contributed by atoms with E-state index in [1.54, 1.807) is 49.7 Å². The van der Waals surface area contributed by atoms with Gasteiger partial charge in [-0.25, -0.2) is 4.39 Å². The number of thiophene rings is 1. The summed E-state index contributed by atoms with van der Waals surface area (Å²) < 4.78 is 73.3. The molecule has 204 valence electrons. The van der Waals surface area contributed by atoms with E-state index in [0.717, 1.165) is 0 Å². The molecule has 0 bridgehead atoms. The van der Waals surface area contributed by atoms with Gasteiger partial charge in [0.05, 0.1) is 47.1 Å². The SMILES string of the molecule is COc1cc(P(C)(C)=O)ccc1NCC#Cc1sc2c(NC3CCNCC3F)cccc2c1CC(F)(F)F. The lowest BCUT2D eigenvalue weighted by molar-refractivity contribution is -0.126. The van der Waals surface area contributed by atoms with Crippen LogP contribution in [0.15, 0.2) is 36.4 Å². The van der Waals surface area contributed by atoms with Crippen LogP contribution in [0.5, 0.6) is 5.75 Å². The highest BCUT2D eigenvalue weighted by Gasteiger charge is 2.31. The summed E-state index contributed by atoms with van der Waals surface area (Å²) in [5, 5.41) is 10.5. The van der Waals surface area contributed by atoms with Crippen LogP contribution in [-0.2, 0) is 11.0 Å². The minimum absolute atomic E-state index is 0.124. The van der Waals surface area contributed by atoms with E-state index in [0.29, 0.717) is 50.4 Å². The molecule has 2 unspecified atom stereocenters. The van der Waals surface area contributed by atoms with E-state index >= 15 is 0 Å². The summed E-state index contributed by atoms with van der Waals surface area (Å²) in [5.74, 6) is 6.35. The van der Waals surface area contributed by atoms with Gasteiger partial charge in [-0.3, -0.25) is 0 Å². The molecule has 11 heteroatoms. The van der Waals surface area contributed by atoms with Gasteiger partial charge < -0.3 is 25.3 Å². The number of hydrogen-bond donors (Lipinski definition) is 3. The maximum Gasteiger partial charge on any atom is 0.393 e. The Labute approximate surface area is 223 Å². The van der Waals surface area contributed by atoms with Crippen LogP contribution in [-0.4, -0.2) is 58.5 Å². The number of alkyl halides is 4. The zero-order valence-electron chi connectivity index (χ0n) is 21.3. The van der Waals surface area contributed by atoms with Gasteiger partial charge in [-0.1, -0.05) is 24.0 Å². The Morgan fingerprint density at radius 3 is 2.68 bits per heavy atom. The Kier molecular flexibility index (Phi) is 8.61. The van der Waals surface area contributed by atoms with Crippen LogP contribution >= 0.6 is 18.5 Å². The second-order valence-corrected chi connectivity index (χ2v) is 13.8. The summed E-state index contributed by atoms with van der Waals surface area (Å²) in [6.07, 6.45) is -6.02. The first kappa shape index (κ1) is 28.3. The molecule has 3 aromatic rings. The van der Waals surface area contributed by atoms with Crippen molar-refractivity contribution in [3.8, 4) is 17.6 Å². The van der Waals surface area contributed by atoms with Crippen molar-refractivity contribution in [2.24, 2.45) is 0 Å². The minimum Gasteiger partial charge on any atom is -0.495 e. The lowest BCUT2D eigenvalue weighted by atomic mass is 10.0. The van der Waals surface area contributed by atoms with Gasteiger partial charge in [0, 0.05) is 11.8 Å². The molecule has 3 N–H and O–H groups in total. The van der Waals surface area contributed by atoms with Gasteiger partial charge >= 0.3 is 6.18 Å². The highest BCUT2D eigenvalue weighted by molar-refractivity contribution is 7.70. The molecule has 1 aromatic heterocycles. The van der Waals surface area contributed by atoms with Crippen molar-refractivity contribution in [1.82, 2.24) is 5.32 Å². The molecule has 2 heterocycles. The van der Waals surface area contributed by atoms with Crippen molar-refractivity contribution in [3.63, 3.8) is 0 Å². The first-order chi connectivity index (χ1) is 18.0. The van der Waals surface area contributed by atoms with Crippen LogP contribution in [0.3, 0.4) is 0 Å². The van der Waals surface area contributed by atoms with Crippen LogP contribution < -0.4 is 26.0 Å². The normalized spacial score (nSPS) is 18.1. The van der Waals surface area contributed by atoms with Crippen molar-refractivity contribution in [1.29, 1.82) is 0 Å². The zero-order valence-corrected chi connectivity index (χ0v) is 23.0. The number of rotatable bonds is 7. The summed E-state index contributed by atoms with van der Waals surface area (Å²) in [6, 6.07) is 9.92. The molecule has 2 atom stereocenters. The summed E-state index contributed by atoms with van der Waals surface area (Å²) in [6.45, 7) is 4.42. The van der Waals surface area contributed by atoms with Crippen LogP contribution in [0, 0.1) is 11.8 Å². The van der Waals surface area contributed by atoms with Crippen LogP contribution in [0.2, 0.25) is 0 Å². The van der Waals surface area contributed by atoms with E-state index in [2.05, 4.69) is 27.8 Å². The third-order valence-electron chi connectivity index (χ3n) is 6.32. The molecule has 1 saturated heterocycles. The van der Waals surface area contributed by atoms with Crippen molar-refractivity contribution in [3.05, 3.63) is 46.8 Å². The number of hydrogen-bond acceptors (Lipinski definition) is 6. The first-order valence-corrected chi connectivity index (χ1v) is 15.6. The number of anilines is 2. The molecule has 0 radical (unpaired) electrons. The highest BCUT2D eigenvalue weighted by Crippen LogP contribution is 2.40. The average molecular weight is 568 g/mol. The standard InChI is InChI=1S/C27H30F4N3O2PS/c1-36-24-14-17(37(2,3)35)9-10-22(24)33-12-5-8-25-19(15-27(29,30)31)18-6-4-7-23(26(18)38-25)34-21-11-13-32-16-20(21)28/h4,6-7,9-10,14,20-21,32-34H,11-13,15-16H2,1-3H3. The van der Waals surface area contributed by atoms with E-state index in [1.807, 2.05) is 0 Å². The molecular formula is C27H30F4N3O2PS. The molecule has 1 aliphatic rings. The number of ether oxygens (including phenoxy) is 1. The summed E-state index contributed by atoms with van der Waals surface area (Å²) in [7, 11) is -0.955. The van der Waals surface area contributed by atoms with Gasteiger partial charge in [0.2, 0.25) is 0 Å². The predicted octanol–water partition coefficient (Wildman–Crippen LogP) is 5.84. The molecule has 1 fully saturated rings. The van der Waals surface area contributed by atoms with Crippen LogP contribution in [0.1, 0.15) is 16.9 Å². The molecular weight excluding hydrogens is 537 g/mol. The number of nitrogens with one attached hydrogen (secondary N) is 3. The van der Waals surface area contributed by atoms with Crippen LogP contribution in [0.25, 0.3) is 10.1 Å². The third kappa shape index (κ3) is 6.82. The fourth-order valence-electron chi connectivity index (χ4n) is 4.37. The molecule has 5 nitrogen and oxygen atoms in total. The molecule has 0 spiro atoms. The fraction of sp³-hybridized carbons (Fsp3) is 0.407. The topological polar surface area (TPSA) is 62.4 Å². The number of halogens is 4. The zero-order chi connectivity index (χ0) is 27.5. The number of fused-ring (bicyclic) bond motifs is 1. The summed E-state index contributed by atoms with van der Waals surface area (Å²) in [4.78, 5) is 0.329. The first-order valence-electron chi connectivity index (χ1n) is 12.1. The fourth-order valence-corrected chi connectivity index (χ4v) is 6.40. The third-order valence-corrected chi connectivity index (χ3v) is 9.04. The summed E-state index contributed by atoms with van der Waals surface area (Å²) in [5.41, 5.74) is 1.38. The van der Waals surface area contributed by atoms with Crippen molar-refractivity contribution in [2.75, 3.05) is 50.7 Å². The van der Waals surface area contributed by atoms with Gasteiger partial charge in [0.25, 0.3) is 0 Å². The quantitative estimate of drug-likeness (QED) is 0.190. The van der Waals surface area contributed by atoms with Gasteiger partial charge in [-0.05, 0) is 61.5 Å². The highest BCUT2D eigenvalue weighted by atomic mass is 32.1. The maximum absolute atomic E-state index is 14.4. The Morgan fingerprint density at radius 1 is 1.21 bits per heavy atom. The number of methoxy groups -OCH3 is 1. The van der Waals surface area contributed by atoms with E-state index in [4.69, 9.17) is 4.74 Å². The second-order valence-electron chi connectivity index (χ2n) is 9.53. The maximum atomic E-state index is 14.4. The smallest absolute Gasteiger partial charge is 0.393 e. The molecule has 0 amide bonds. The largest absolute Gasteiger partial charge is 0.495 e. The summed E-state index contributed by atoms with van der Waals surface area (Å²) >= 11 is 1.18. The van der Waals surface area contributed by atoms with Gasteiger partial charge in [0.1, 0.15) is 19.1 Å². The monoisotopic (exact) mass is 567 g/mol. The lowest BCUT2D eigenvalue weighted by Gasteiger charge is -2.28. The Morgan fingerprint density at radius 2 is 2.00 bits per heavy atom. The van der Waals surface area contributed by atoms with Crippen molar-refractivity contribution < 1.29 is 26.9 Å². The van der Waals surface area contributed by atoms with Gasteiger partial charge in [-0.15, -0.1) is 11.3 Å². The van der Waals surface area contributed by atoms with Gasteiger partial charge in [0.15, 0.2) is 0 Å². The second kappa shape index (κ2) is 11.6. The Balaban J connectivity index is 1.61. The molecule has 38 heavy (non-hydrogen) atoms. The molecule has 1 aliphatic heterocycles. The predicted molar refractivity (Wildman–Crippen MR) is 149 cm³/mol. The Hall–Kier alpha value is -2.73. The van der Waals surface area contributed by atoms with E-state index < -0.39 is 32.0 Å².